The van der Waals surface area contributed by atoms with Crippen molar-refractivity contribution in [1.82, 2.24) is 14.9 Å². The predicted octanol–water partition coefficient (Wildman–Crippen LogP) is 3.54. The van der Waals surface area contributed by atoms with Crippen molar-refractivity contribution < 1.29 is 19.1 Å². The molecule has 1 fully saturated rings. The Labute approximate surface area is 193 Å². The van der Waals surface area contributed by atoms with Crippen molar-refractivity contribution in [2.24, 2.45) is 5.92 Å². The highest BCUT2D eigenvalue weighted by Crippen LogP contribution is 2.28. The van der Waals surface area contributed by atoms with Crippen molar-refractivity contribution in [1.29, 1.82) is 0 Å². The molecule has 2 aliphatic heterocycles. The molecule has 0 spiro atoms. The zero-order valence-corrected chi connectivity index (χ0v) is 19.2. The van der Waals surface area contributed by atoms with E-state index in [4.69, 9.17) is 9.47 Å². The standard InChI is InChI=1S/C24H29N5O4/c1-5-21(30)28-11-17(12-28)13-32-20-8-6-18(7-9-20)16(4)26-23-25-10-19-14-33-24(31)29(15(2)3)22(19)27-23/h5-10,15-17H,1,11-14H2,2-4H3,(H,25,26,27)/t16-/m0/s1. The van der Waals surface area contributed by atoms with E-state index in [-0.39, 0.29) is 24.6 Å². The Kier molecular flexibility index (Phi) is 6.48. The third-order valence-electron chi connectivity index (χ3n) is 5.79. The molecule has 33 heavy (non-hydrogen) atoms. The minimum Gasteiger partial charge on any atom is -0.493 e. The Morgan fingerprint density at radius 3 is 2.70 bits per heavy atom. The lowest BCUT2D eigenvalue weighted by molar-refractivity contribution is -0.132. The number of aromatic nitrogens is 2. The number of amides is 2. The van der Waals surface area contributed by atoms with Crippen molar-refractivity contribution >= 4 is 23.8 Å². The van der Waals surface area contributed by atoms with Crippen molar-refractivity contribution in [2.45, 2.75) is 39.5 Å². The van der Waals surface area contributed by atoms with Crippen LogP contribution in [0, 0.1) is 5.92 Å². The van der Waals surface area contributed by atoms with Gasteiger partial charge in [-0.25, -0.2) is 9.78 Å². The van der Waals surface area contributed by atoms with Crippen LogP contribution in [-0.2, 0) is 16.1 Å². The molecule has 1 atom stereocenters. The molecule has 0 saturated carbocycles. The van der Waals surface area contributed by atoms with Crippen LogP contribution in [0.2, 0.25) is 0 Å². The van der Waals surface area contributed by atoms with E-state index in [1.54, 1.807) is 11.1 Å². The minimum atomic E-state index is -0.396. The van der Waals surface area contributed by atoms with Crippen LogP contribution in [0.25, 0.3) is 0 Å². The number of anilines is 2. The second-order valence-electron chi connectivity index (χ2n) is 8.62. The maximum absolute atomic E-state index is 12.2. The molecular formula is C24H29N5O4. The number of carbonyl (C=O) groups is 2. The molecule has 1 saturated heterocycles. The molecule has 1 aromatic carbocycles. The molecule has 0 bridgehead atoms. The third-order valence-corrected chi connectivity index (χ3v) is 5.79. The minimum absolute atomic E-state index is 0.0307. The highest BCUT2D eigenvalue weighted by atomic mass is 16.6. The van der Waals surface area contributed by atoms with Gasteiger partial charge in [0.15, 0.2) is 0 Å². The number of fused-ring (bicyclic) bond motifs is 1. The van der Waals surface area contributed by atoms with Crippen molar-refractivity contribution in [3.63, 3.8) is 0 Å². The number of nitrogens with zero attached hydrogens (tertiary/aromatic N) is 4. The van der Waals surface area contributed by atoms with Gasteiger partial charge in [-0.05, 0) is 44.5 Å². The van der Waals surface area contributed by atoms with Gasteiger partial charge in [0.25, 0.3) is 0 Å². The lowest BCUT2D eigenvalue weighted by Gasteiger charge is -2.38. The molecular weight excluding hydrogens is 422 g/mol. The van der Waals surface area contributed by atoms with E-state index in [1.165, 1.54) is 11.0 Å². The molecule has 0 unspecified atom stereocenters. The van der Waals surface area contributed by atoms with E-state index in [1.807, 2.05) is 45.0 Å². The van der Waals surface area contributed by atoms with Gasteiger partial charge >= 0.3 is 6.09 Å². The number of ether oxygens (including phenoxy) is 2. The van der Waals surface area contributed by atoms with Gasteiger partial charge in [0.05, 0.1) is 18.2 Å². The third kappa shape index (κ3) is 4.92. The normalized spacial score (nSPS) is 16.5. The topological polar surface area (TPSA) is 96.9 Å². The maximum atomic E-state index is 12.2. The highest BCUT2D eigenvalue weighted by molar-refractivity contribution is 5.89. The summed E-state index contributed by atoms with van der Waals surface area (Å²) in [4.78, 5) is 35.9. The summed E-state index contributed by atoms with van der Waals surface area (Å²) in [7, 11) is 0. The van der Waals surface area contributed by atoms with Gasteiger partial charge < -0.3 is 19.7 Å². The van der Waals surface area contributed by atoms with E-state index in [9.17, 15) is 9.59 Å². The first-order valence-electron chi connectivity index (χ1n) is 11.1. The smallest absolute Gasteiger partial charge is 0.416 e. The lowest BCUT2D eigenvalue weighted by Crippen LogP contribution is -2.51. The van der Waals surface area contributed by atoms with Crippen molar-refractivity contribution in [2.75, 3.05) is 29.9 Å². The molecule has 9 heteroatoms. The van der Waals surface area contributed by atoms with Gasteiger partial charge in [0.1, 0.15) is 18.2 Å². The zero-order chi connectivity index (χ0) is 23.5. The molecule has 0 radical (unpaired) electrons. The average molecular weight is 452 g/mol. The molecule has 1 aromatic heterocycles. The van der Waals surface area contributed by atoms with Gasteiger partial charge in [-0.3, -0.25) is 9.69 Å². The quantitative estimate of drug-likeness (QED) is 0.613. The molecule has 2 aliphatic rings. The fourth-order valence-electron chi connectivity index (χ4n) is 3.86. The second kappa shape index (κ2) is 9.48. The fraction of sp³-hybridized carbons (Fsp3) is 0.417. The van der Waals surface area contributed by atoms with Crippen LogP contribution < -0.4 is 15.0 Å². The van der Waals surface area contributed by atoms with E-state index < -0.39 is 6.09 Å². The number of benzene rings is 1. The van der Waals surface area contributed by atoms with Crippen molar-refractivity contribution in [3.8, 4) is 5.75 Å². The SMILES string of the molecule is C=CC(=O)N1CC(COc2ccc([C@H](C)Nc3ncc4c(n3)N(C(C)C)C(=O)OC4)cc2)C1. The summed E-state index contributed by atoms with van der Waals surface area (Å²) >= 11 is 0. The number of cyclic esters (lactones) is 1. The lowest BCUT2D eigenvalue weighted by atomic mass is 10.0. The number of rotatable bonds is 8. The number of likely N-dealkylation sites (tertiary alicyclic amines) is 1. The van der Waals surface area contributed by atoms with E-state index in [2.05, 4.69) is 21.9 Å². The number of carbonyl (C=O) groups excluding carboxylic acids is 2. The number of hydrogen-bond acceptors (Lipinski definition) is 7. The Hall–Kier alpha value is -3.62. The second-order valence-corrected chi connectivity index (χ2v) is 8.62. The molecule has 174 valence electrons. The van der Waals surface area contributed by atoms with Gasteiger partial charge in [0.2, 0.25) is 11.9 Å². The summed E-state index contributed by atoms with van der Waals surface area (Å²) in [6.45, 7) is 11.5. The average Bonchev–Trinajstić information content (AvgIpc) is 2.77. The van der Waals surface area contributed by atoms with Gasteiger partial charge in [-0.2, -0.15) is 4.98 Å². The largest absolute Gasteiger partial charge is 0.493 e. The predicted molar refractivity (Wildman–Crippen MR) is 124 cm³/mol. The van der Waals surface area contributed by atoms with E-state index in [0.29, 0.717) is 37.4 Å². The first kappa shape index (κ1) is 22.6. The number of hydrogen-bond donors (Lipinski definition) is 1. The Bertz CT molecular complexity index is 1030. The van der Waals surface area contributed by atoms with Crippen LogP contribution >= 0.6 is 0 Å². The summed E-state index contributed by atoms with van der Waals surface area (Å²) in [6, 6.07) is 7.74. The maximum Gasteiger partial charge on any atom is 0.416 e. The van der Waals surface area contributed by atoms with Crippen molar-refractivity contribution in [3.05, 3.63) is 54.2 Å². The van der Waals surface area contributed by atoms with Crippen LogP contribution in [0.15, 0.2) is 43.1 Å². The molecule has 1 N–H and O–H groups in total. The highest BCUT2D eigenvalue weighted by Gasteiger charge is 2.31. The van der Waals surface area contributed by atoms with Crippen LogP contribution in [0.4, 0.5) is 16.6 Å². The first-order valence-corrected chi connectivity index (χ1v) is 11.1. The van der Waals surface area contributed by atoms with Crippen LogP contribution in [0.5, 0.6) is 5.75 Å². The summed E-state index contributed by atoms with van der Waals surface area (Å²) in [6.07, 6.45) is 2.64. The molecule has 2 aromatic rings. The first-order chi connectivity index (χ1) is 15.9. The molecule has 0 aliphatic carbocycles. The van der Waals surface area contributed by atoms with Crippen LogP contribution in [0.1, 0.15) is 37.9 Å². The van der Waals surface area contributed by atoms with E-state index >= 15 is 0 Å². The monoisotopic (exact) mass is 451 g/mol. The Balaban J connectivity index is 1.34. The van der Waals surface area contributed by atoms with Gasteiger partial charge in [0, 0.05) is 31.2 Å². The summed E-state index contributed by atoms with van der Waals surface area (Å²) in [5.41, 5.74) is 1.83. The van der Waals surface area contributed by atoms with E-state index in [0.717, 1.165) is 16.9 Å². The molecule has 4 rings (SSSR count). The Morgan fingerprint density at radius 1 is 1.30 bits per heavy atom. The van der Waals surface area contributed by atoms with Crippen LogP contribution in [0.3, 0.4) is 0 Å². The Morgan fingerprint density at radius 2 is 2.03 bits per heavy atom. The molecule has 9 nitrogen and oxygen atoms in total. The summed E-state index contributed by atoms with van der Waals surface area (Å²) < 4.78 is 11.1. The summed E-state index contributed by atoms with van der Waals surface area (Å²) in [5.74, 6) is 2.13. The number of nitrogens with one attached hydrogen (secondary N) is 1. The van der Waals surface area contributed by atoms with Gasteiger partial charge in [-0.1, -0.05) is 18.7 Å². The van der Waals surface area contributed by atoms with Crippen LogP contribution in [-0.4, -0.2) is 52.6 Å². The fourth-order valence-corrected chi connectivity index (χ4v) is 3.86. The summed E-state index contributed by atoms with van der Waals surface area (Å²) in [5, 5.41) is 3.30. The zero-order valence-electron chi connectivity index (χ0n) is 19.2. The molecule has 2 amide bonds. The van der Waals surface area contributed by atoms with Gasteiger partial charge in [-0.15, -0.1) is 0 Å². The molecule has 3 heterocycles.